The fourth-order valence-corrected chi connectivity index (χ4v) is 2.83. The maximum atomic E-state index is 12.6. The van der Waals surface area contributed by atoms with E-state index in [2.05, 4.69) is 10.6 Å². The molecule has 5 N–H and O–H groups in total. The van der Waals surface area contributed by atoms with Gasteiger partial charge in [0.2, 0.25) is 0 Å². The Hall–Kier alpha value is -3.29. The van der Waals surface area contributed by atoms with Gasteiger partial charge in [-0.3, -0.25) is 4.79 Å². The zero-order chi connectivity index (χ0) is 21.8. The number of nitrogens with two attached hydrogens (primary N) is 1. The molecule has 0 spiro atoms. The third-order valence-corrected chi connectivity index (χ3v) is 4.12. The minimum absolute atomic E-state index is 0.0200. The largest absolute Gasteiger partial charge is 0.480 e. The van der Waals surface area contributed by atoms with Crippen molar-refractivity contribution in [2.24, 2.45) is 0 Å². The summed E-state index contributed by atoms with van der Waals surface area (Å²) in [5.74, 6) is -1.80. The number of hydrogen-bond acceptors (Lipinski definition) is 5. The predicted octanol–water partition coefficient (Wildman–Crippen LogP) is 2.91. The highest BCUT2D eigenvalue weighted by molar-refractivity contribution is 6.05. The first-order chi connectivity index (χ1) is 13.5. The first-order valence-corrected chi connectivity index (χ1v) is 9.27. The standard InChI is InChI=1S/C21H27N3O5/c1-12(23-20(28)29-21(2,3)4)9-17(19(26)27)24-18(25)15-10-13-7-5-6-8-14(13)11-16(15)22/h5-8,10-12,17H,9,22H2,1-4H3,(H,23,28)(H,24,25)(H,26,27)/t12?,17-/m0/s1. The molecule has 156 valence electrons. The van der Waals surface area contributed by atoms with Gasteiger partial charge in [-0.2, -0.15) is 0 Å². The number of alkyl carbamates (subject to hydrolysis) is 1. The number of anilines is 1. The van der Waals surface area contributed by atoms with Gasteiger partial charge in [0.1, 0.15) is 11.6 Å². The van der Waals surface area contributed by atoms with Crippen molar-refractivity contribution < 1.29 is 24.2 Å². The third kappa shape index (κ3) is 6.38. The normalized spacial score (nSPS) is 13.4. The maximum absolute atomic E-state index is 12.6. The Bertz CT molecular complexity index is 920. The number of rotatable bonds is 6. The lowest BCUT2D eigenvalue weighted by Gasteiger charge is -2.23. The van der Waals surface area contributed by atoms with Gasteiger partial charge in [0.25, 0.3) is 5.91 Å². The summed E-state index contributed by atoms with van der Waals surface area (Å²) >= 11 is 0. The number of carbonyl (C=O) groups excluding carboxylic acids is 2. The number of hydrogen-bond donors (Lipinski definition) is 4. The van der Waals surface area contributed by atoms with Crippen molar-refractivity contribution in [2.45, 2.75) is 51.8 Å². The summed E-state index contributed by atoms with van der Waals surface area (Å²) < 4.78 is 5.16. The molecule has 0 saturated heterocycles. The van der Waals surface area contributed by atoms with Crippen molar-refractivity contribution in [3.8, 4) is 0 Å². The van der Waals surface area contributed by atoms with Gasteiger partial charge < -0.3 is 26.2 Å². The van der Waals surface area contributed by atoms with E-state index in [4.69, 9.17) is 10.5 Å². The molecule has 2 amide bonds. The molecule has 0 heterocycles. The van der Waals surface area contributed by atoms with Gasteiger partial charge in [-0.1, -0.05) is 24.3 Å². The van der Waals surface area contributed by atoms with Crippen LogP contribution in [0.25, 0.3) is 10.8 Å². The van der Waals surface area contributed by atoms with Crippen LogP contribution in [0.2, 0.25) is 0 Å². The molecule has 0 aliphatic heterocycles. The summed E-state index contributed by atoms with van der Waals surface area (Å²) in [6.45, 7) is 6.82. The molecule has 0 aliphatic carbocycles. The number of carboxylic acids is 1. The molecular formula is C21H27N3O5. The van der Waals surface area contributed by atoms with Gasteiger partial charge >= 0.3 is 12.1 Å². The lowest BCUT2D eigenvalue weighted by atomic mass is 10.0. The van der Waals surface area contributed by atoms with Crippen LogP contribution in [0.3, 0.4) is 0 Å². The Morgan fingerprint density at radius 2 is 1.69 bits per heavy atom. The van der Waals surface area contributed by atoms with Crippen molar-refractivity contribution >= 4 is 34.4 Å². The topological polar surface area (TPSA) is 131 Å². The molecule has 0 aliphatic rings. The van der Waals surface area contributed by atoms with Crippen molar-refractivity contribution in [3.63, 3.8) is 0 Å². The number of fused-ring (bicyclic) bond motifs is 1. The fraction of sp³-hybridized carbons (Fsp3) is 0.381. The van der Waals surface area contributed by atoms with Crippen LogP contribution >= 0.6 is 0 Å². The molecule has 0 radical (unpaired) electrons. The van der Waals surface area contributed by atoms with Gasteiger partial charge in [0.05, 0.1) is 5.56 Å². The van der Waals surface area contributed by atoms with E-state index in [9.17, 15) is 19.5 Å². The number of amides is 2. The highest BCUT2D eigenvalue weighted by Gasteiger charge is 2.26. The first kappa shape index (κ1) is 22.0. The van der Waals surface area contributed by atoms with Crippen molar-refractivity contribution in [3.05, 3.63) is 42.0 Å². The molecule has 0 bridgehead atoms. The zero-order valence-electron chi connectivity index (χ0n) is 17.0. The predicted molar refractivity (Wildman–Crippen MR) is 111 cm³/mol. The summed E-state index contributed by atoms with van der Waals surface area (Å²) in [4.78, 5) is 36.1. The van der Waals surface area contributed by atoms with Crippen LogP contribution in [0.1, 0.15) is 44.5 Å². The molecule has 0 saturated carbocycles. The van der Waals surface area contributed by atoms with E-state index in [1.165, 1.54) is 0 Å². The van der Waals surface area contributed by atoms with Crippen LogP contribution in [0, 0.1) is 0 Å². The van der Waals surface area contributed by atoms with Crippen molar-refractivity contribution in [1.82, 2.24) is 10.6 Å². The highest BCUT2D eigenvalue weighted by atomic mass is 16.6. The quantitative estimate of drug-likeness (QED) is 0.551. The minimum Gasteiger partial charge on any atom is -0.480 e. The summed E-state index contributed by atoms with van der Waals surface area (Å²) in [6, 6.07) is 8.96. The number of benzene rings is 2. The highest BCUT2D eigenvalue weighted by Crippen LogP contribution is 2.22. The molecule has 1 unspecified atom stereocenters. The lowest BCUT2D eigenvalue weighted by molar-refractivity contribution is -0.139. The summed E-state index contributed by atoms with van der Waals surface area (Å²) in [5, 5.41) is 16.2. The van der Waals surface area contributed by atoms with Crippen molar-refractivity contribution in [1.29, 1.82) is 0 Å². The van der Waals surface area contributed by atoms with Gasteiger partial charge in [-0.05, 0) is 57.0 Å². The first-order valence-electron chi connectivity index (χ1n) is 9.27. The summed E-state index contributed by atoms with van der Waals surface area (Å²) in [5.41, 5.74) is 5.77. The molecule has 0 aromatic heterocycles. The van der Waals surface area contributed by atoms with E-state index in [-0.39, 0.29) is 17.7 Å². The summed E-state index contributed by atoms with van der Waals surface area (Å²) in [7, 11) is 0. The van der Waals surface area contributed by atoms with Crippen LogP contribution < -0.4 is 16.4 Å². The van der Waals surface area contributed by atoms with Gasteiger partial charge in [0.15, 0.2) is 0 Å². The molecule has 29 heavy (non-hydrogen) atoms. The lowest BCUT2D eigenvalue weighted by Crippen LogP contribution is -2.46. The Morgan fingerprint density at radius 1 is 1.10 bits per heavy atom. The Balaban J connectivity index is 2.08. The van der Waals surface area contributed by atoms with E-state index in [1.807, 2.05) is 24.3 Å². The Morgan fingerprint density at radius 3 is 2.24 bits per heavy atom. The van der Waals surface area contributed by atoms with Crippen LogP contribution in [0.5, 0.6) is 0 Å². The third-order valence-electron chi connectivity index (χ3n) is 4.12. The number of carbonyl (C=O) groups is 3. The molecule has 8 nitrogen and oxygen atoms in total. The molecule has 2 atom stereocenters. The fourth-order valence-electron chi connectivity index (χ4n) is 2.83. The SMILES string of the molecule is CC(C[C@H](NC(=O)c1cc2ccccc2cc1N)C(=O)O)NC(=O)OC(C)(C)C. The average Bonchev–Trinajstić information content (AvgIpc) is 2.58. The second-order valence-electron chi connectivity index (χ2n) is 7.93. The van der Waals surface area contributed by atoms with Crippen LogP contribution in [0.15, 0.2) is 36.4 Å². The number of nitrogen functional groups attached to an aromatic ring is 1. The Labute approximate surface area is 169 Å². The number of carboxylic acid groups (broad SMARTS) is 1. The molecular weight excluding hydrogens is 374 g/mol. The van der Waals surface area contributed by atoms with Crippen LogP contribution in [-0.2, 0) is 9.53 Å². The van der Waals surface area contributed by atoms with Gasteiger partial charge in [-0.15, -0.1) is 0 Å². The van der Waals surface area contributed by atoms with E-state index in [0.29, 0.717) is 0 Å². The molecule has 8 heteroatoms. The minimum atomic E-state index is -1.21. The number of nitrogens with one attached hydrogen (secondary N) is 2. The second kappa shape index (κ2) is 8.81. The smallest absolute Gasteiger partial charge is 0.407 e. The number of aliphatic carboxylic acids is 1. The second-order valence-corrected chi connectivity index (χ2v) is 7.93. The van der Waals surface area contributed by atoms with Crippen molar-refractivity contribution in [2.75, 3.05) is 5.73 Å². The summed E-state index contributed by atoms with van der Waals surface area (Å²) in [6.07, 6.45) is -0.674. The molecule has 2 aromatic carbocycles. The average molecular weight is 401 g/mol. The van der Waals surface area contributed by atoms with Crippen LogP contribution in [-0.4, -0.2) is 40.8 Å². The monoisotopic (exact) mass is 401 g/mol. The Kier molecular flexibility index (Phi) is 6.68. The van der Waals surface area contributed by atoms with E-state index >= 15 is 0 Å². The van der Waals surface area contributed by atoms with Gasteiger partial charge in [-0.25, -0.2) is 9.59 Å². The van der Waals surface area contributed by atoms with Crippen LogP contribution in [0.4, 0.5) is 10.5 Å². The zero-order valence-corrected chi connectivity index (χ0v) is 17.0. The molecule has 2 rings (SSSR count). The van der Waals surface area contributed by atoms with E-state index in [1.54, 1.807) is 39.8 Å². The van der Waals surface area contributed by atoms with E-state index in [0.717, 1.165) is 10.8 Å². The van der Waals surface area contributed by atoms with E-state index < -0.39 is 35.7 Å². The maximum Gasteiger partial charge on any atom is 0.407 e. The molecule has 0 fully saturated rings. The molecule has 2 aromatic rings. The number of ether oxygens (including phenoxy) is 1. The van der Waals surface area contributed by atoms with Gasteiger partial charge in [0, 0.05) is 11.7 Å².